The van der Waals surface area contributed by atoms with Crippen LogP contribution in [0.25, 0.3) is 0 Å². The molecule has 0 radical (unpaired) electrons. The number of aromatic nitrogens is 1. The summed E-state index contributed by atoms with van der Waals surface area (Å²) in [6.07, 6.45) is 3.28. The normalized spacial score (nSPS) is 22.2. The Balaban J connectivity index is 2.14. The summed E-state index contributed by atoms with van der Waals surface area (Å²) in [4.78, 5) is 4.16. The Labute approximate surface area is 110 Å². The number of sulfone groups is 1. The molecule has 0 spiro atoms. The molecular weight excluding hydrogens is 360 g/mol. The predicted octanol–water partition coefficient (Wildman–Crippen LogP) is 2.33. The number of hydrogen-bond donors (Lipinski definition) is 1. The van der Waals surface area contributed by atoms with E-state index in [2.05, 4.69) is 42.2 Å². The maximum atomic E-state index is 11.2. The SMILES string of the molecule is O=S1(=O)C=CC(Nc2ncc(Br)cc2Br)C1. The molecule has 1 N–H and O–H groups in total. The zero-order chi connectivity index (χ0) is 11.8. The molecule has 1 aliphatic heterocycles. The molecular formula is C9H8Br2N2O2S. The first-order chi connectivity index (χ1) is 7.46. The van der Waals surface area contributed by atoms with Gasteiger partial charge in [-0.25, -0.2) is 13.4 Å². The van der Waals surface area contributed by atoms with Crippen LogP contribution in [0.1, 0.15) is 0 Å². The number of rotatable bonds is 2. The molecule has 1 aromatic heterocycles. The number of nitrogens with zero attached hydrogens (tertiary/aromatic N) is 1. The summed E-state index contributed by atoms with van der Waals surface area (Å²) < 4.78 is 24.1. The first kappa shape index (κ1) is 12.1. The van der Waals surface area contributed by atoms with Crippen molar-refractivity contribution in [1.29, 1.82) is 0 Å². The first-order valence-electron chi connectivity index (χ1n) is 4.45. The van der Waals surface area contributed by atoms with Crippen LogP contribution in [0.2, 0.25) is 0 Å². The van der Waals surface area contributed by atoms with Gasteiger partial charge < -0.3 is 5.32 Å². The molecule has 1 aliphatic rings. The van der Waals surface area contributed by atoms with Crippen LogP contribution in [-0.2, 0) is 9.84 Å². The van der Waals surface area contributed by atoms with E-state index in [9.17, 15) is 8.42 Å². The van der Waals surface area contributed by atoms with Crippen LogP contribution >= 0.6 is 31.9 Å². The molecule has 86 valence electrons. The van der Waals surface area contributed by atoms with Crippen molar-refractivity contribution in [1.82, 2.24) is 4.98 Å². The maximum Gasteiger partial charge on any atom is 0.173 e. The van der Waals surface area contributed by atoms with Gasteiger partial charge in [0.25, 0.3) is 0 Å². The molecule has 2 heterocycles. The van der Waals surface area contributed by atoms with E-state index >= 15 is 0 Å². The largest absolute Gasteiger partial charge is 0.362 e. The van der Waals surface area contributed by atoms with E-state index in [0.29, 0.717) is 5.82 Å². The number of halogens is 2. The highest BCUT2D eigenvalue weighted by molar-refractivity contribution is 9.11. The van der Waals surface area contributed by atoms with Gasteiger partial charge in [-0.2, -0.15) is 0 Å². The Morgan fingerprint density at radius 3 is 2.75 bits per heavy atom. The van der Waals surface area contributed by atoms with E-state index < -0.39 is 9.84 Å². The second-order valence-corrected chi connectivity index (χ2v) is 7.09. The third-order valence-corrected chi connectivity index (χ3v) is 4.49. The van der Waals surface area contributed by atoms with E-state index in [0.717, 1.165) is 8.95 Å². The molecule has 1 atom stereocenters. The quantitative estimate of drug-likeness (QED) is 0.871. The summed E-state index contributed by atoms with van der Waals surface area (Å²) in [7, 11) is -3.03. The van der Waals surface area contributed by atoms with Crippen LogP contribution in [0.3, 0.4) is 0 Å². The van der Waals surface area contributed by atoms with Crippen LogP contribution < -0.4 is 5.32 Å². The average Bonchev–Trinajstić information content (AvgIpc) is 2.51. The molecule has 0 amide bonds. The second-order valence-electron chi connectivity index (χ2n) is 3.39. The Morgan fingerprint density at radius 2 is 2.19 bits per heavy atom. The second kappa shape index (κ2) is 4.46. The number of pyridine rings is 1. The average molecular weight is 368 g/mol. The highest BCUT2D eigenvalue weighted by atomic mass is 79.9. The van der Waals surface area contributed by atoms with Gasteiger partial charge in [-0.1, -0.05) is 0 Å². The zero-order valence-electron chi connectivity index (χ0n) is 8.02. The van der Waals surface area contributed by atoms with E-state index in [1.165, 1.54) is 5.41 Å². The molecule has 0 saturated carbocycles. The van der Waals surface area contributed by atoms with Crippen molar-refractivity contribution >= 4 is 47.5 Å². The van der Waals surface area contributed by atoms with Gasteiger partial charge in [-0.3, -0.25) is 0 Å². The fourth-order valence-corrected chi connectivity index (χ4v) is 3.70. The van der Waals surface area contributed by atoms with Gasteiger partial charge in [0.05, 0.1) is 16.3 Å². The van der Waals surface area contributed by atoms with E-state index in [4.69, 9.17) is 0 Å². The molecule has 16 heavy (non-hydrogen) atoms. The molecule has 0 aliphatic carbocycles. The first-order valence-corrected chi connectivity index (χ1v) is 7.75. The molecule has 0 fully saturated rings. The third-order valence-electron chi connectivity index (χ3n) is 2.06. The smallest absolute Gasteiger partial charge is 0.173 e. The summed E-state index contributed by atoms with van der Waals surface area (Å²) in [5, 5.41) is 4.28. The van der Waals surface area contributed by atoms with Crippen molar-refractivity contribution in [2.24, 2.45) is 0 Å². The highest BCUT2D eigenvalue weighted by Crippen LogP contribution is 2.25. The number of anilines is 1. The van der Waals surface area contributed by atoms with Crippen molar-refractivity contribution in [3.8, 4) is 0 Å². The lowest BCUT2D eigenvalue weighted by atomic mass is 10.3. The Morgan fingerprint density at radius 1 is 1.44 bits per heavy atom. The van der Waals surface area contributed by atoms with Crippen LogP contribution in [0.5, 0.6) is 0 Å². The third kappa shape index (κ3) is 2.83. The molecule has 0 saturated heterocycles. The molecule has 0 aromatic carbocycles. The minimum atomic E-state index is -3.03. The summed E-state index contributed by atoms with van der Waals surface area (Å²) in [5.41, 5.74) is 0. The summed E-state index contributed by atoms with van der Waals surface area (Å²) >= 11 is 6.65. The highest BCUT2D eigenvalue weighted by Gasteiger charge is 2.22. The lowest BCUT2D eigenvalue weighted by Gasteiger charge is -2.11. The topological polar surface area (TPSA) is 59.1 Å². The van der Waals surface area contributed by atoms with Crippen molar-refractivity contribution in [3.63, 3.8) is 0 Å². The molecule has 0 bridgehead atoms. The van der Waals surface area contributed by atoms with Gasteiger partial charge in [-0.15, -0.1) is 0 Å². The molecule has 2 rings (SSSR count). The summed E-state index contributed by atoms with van der Waals surface area (Å²) in [5.74, 6) is 0.715. The summed E-state index contributed by atoms with van der Waals surface area (Å²) in [6.45, 7) is 0. The van der Waals surface area contributed by atoms with Crippen LogP contribution in [0.15, 0.2) is 32.7 Å². The Kier molecular flexibility index (Phi) is 3.37. The summed E-state index contributed by atoms with van der Waals surface area (Å²) in [6, 6.07) is 1.64. The Hall–Kier alpha value is -0.400. The molecule has 1 aromatic rings. The van der Waals surface area contributed by atoms with E-state index in [1.54, 1.807) is 12.3 Å². The standard InChI is InChI=1S/C9H8Br2N2O2S/c10-6-3-8(11)9(12-4-6)13-7-1-2-16(14,15)5-7/h1-4,7H,5H2,(H,12,13). The van der Waals surface area contributed by atoms with Gasteiger partial charge in [0, 0.05) is 16.1 Å². The molecule has 4 nitrogen and oxygen atoms in total. The van der Waals surface area contributed by atoms with Crippen LogP contribution in [-0.4, -0.2) is 25.2 Å². The minimum absolute atomic E-state index is 0.0805. The van der Waals surface area contributed by atoms with Crippen molar-refractivity contribution in [2.45, 2.75) is 6.04 Å². The van der Waals surface area contributed by atoms with Gasteiger partial charge in [0.1, 0.15) is 5.82 Å². The number of hydrogen-bond acceptors (Lipinski definition) is 4. The Bertz CT molecular complexity index is 542. The molecule has 7 heteroatoms. The van der Waals surface area contributed by atoms with Crippen molar-refractivity contribution in [2.75, 3.05) is 11.1 Å². The van der Waals surface area contributed by atoms with E-state index in [-0.39, 0.29) is 11.8 Å². The minimum Gasteiger partial charge on any atom is -0.362 e. The van der Waals surface area contributed by atoms with Gasteiger partial charge in [-0.05, 0) is 44.0 Å². The van der Waals surface area contributed by atoms with E-state index in [1.807, 2.05) is 6.07 Å². The molecule has 1 unspecified atom stereocenters. The van der Waals surface area contributed by atoms with Crippen LogP contribution in [0, 0.1) is 0 Å². The van der Waals surface area contributed by atoms with Crippen molar-refractivity contribution in [3.05, 3.63) is 32.7 Å². The van der Waals surface area contributed by atoms with Gasteiger partial charge in [0.2, 0.25) is 0 Å². The number of nitrogens with one attached hydrogen (secondary N) is 1. The monoisotopic (exact) mass is 366 g/mol. The predicted molar refractivity (Wildman–Crippen MR) is 70.0 cm³/mol. The van der Waals surface area contributed by atoms with Crippen molar-refractivity contribution < 1.29 is 8.42 Å². The van der Waals surface area contributed by atoms with Crippen LogP contribution in [0.4, 0.5) is 5.82 Å². The fourth-order valence-electron chi connectivity index (χ4n) is 1.36. The lowest BCUT2D eigenvalue weighted by molar-refractivity contribution is 0.605. The lowest BCUT2D eigenvalue weighted by Crippen LogP contribution is -2.21. The fraction of sp³-hybridized carbons (Fsp3) is 0.222. The van der Waals surface area contributed by atoms with Gasteiger partial charge >= 0.3 is 0 Å². The zero-order valence-corrected chi connectivity index (χ0v) is 12.0. The maximum absolute atomic E-state index is 11.2. The van der Waals surface area contributed by atoms with Gasteiger partial charge in [0.15, 0.2) is 9.84 Å².